The van der Waals surface area contributed by atoms with Crippen molar-refractivity contribution in [2.24, 2.45) is 0 Å². The number of hydrogen-bond donors (Lipinski definition) is 3. The van der Waals surface area contributed by atoms with Gasteiger partial charge in [-0.05, 0) is 66.0 Å². The van der Waals surface area contributed by atoms with E-state index in [0.717, 1.165) is 46.0 Å². The lowest BCUT2D eigenvalue weighted by molar-refractivity contribution is -0.0368. The summed E-state index contributed by atoms with van der Waals surface area (Å²) >= 11 is 2.22. The van der Waals surface area contributed by atoms with E-state index in [9.17, 15) is 9.90 Å². The fourth-order valence-electron chi connectivity index (χ4n) is 3.23. The molecule has 3 N–H and O–H groups in total. The highest BCUT2D eigenvalue weighted by Crippen LogP contribution is 2.31. The number of halogens is 1. The van der Waals surface area contributed by atoms with Crippen LogP contribution in [0.4, 0.5) is 4.79 Å². The number of benzene rings is 1. The van der Waals surface area contributed by atoms with Crippen molar-refractivity contribution in [2.75, 3.05) is 19.8 Å². The van der Waals surface area contributed by atoms with Gasteiger partial charge in [-0.1, -0.05) is 6.07 Å². The lowest BCUT2D eigenvalue weighted by Gasteiger charge is -2.23. The Kier molecular flexibility index (Phi) is 6.13. The molecule has 1 aromatic heterocycles. The van der Waals surface area contributed by atoms with E-state index >= 15 is 0 Å². The van der Waals surface area contributed by atoms with Gasteiger partial charge in [0.05, 0.1) is 5.52 Å². The third kappa shape index (κ3) is 4.24. The molecule has 1 saturated heterocycles. The average Bonchev–Trinajstić information content (AvgIpc) is 2.96. The molecule has 8 heteroatoms. The van der Waals surface area contributed by atoms with Gasteiger partial charge in [-0.2, -0.15) is 5.10 Å². The second kappa shape index (κ2) is 8.33. The average molecular weight is 459 g/mol. The number of aliphatic hydroxyl groups excluding tert-OH is 1. The highest BCUT2D eigenvalue weighted by molar-refractivity contribution is 14.1. The molecule has 2 heterocycles. The molecule has 1 amide bonds. The molecule has 1 fully saturated rings. The molecule has 0 saturated carbocycles. The molecule has 0 spiro atoms. The van der Waals surface area contributed by atoms with Crippen LogP contribution in [0.5, 0.6) is 0 Å². The fourth-order valence-corrected chi connectivity index (χ4v) is 3.89. The summed E-state index contributed by atoms with van der Waals surface area (Å²) in [6.07, 6.45) is 2.69. The number of rotatable bonds is 6. The van der Waals surface area contributed by atoms with Crippen molar-refractivity contribution in [3.05, 3.63) is 27.5 Å². The van der Waals surface area contributed by atoms with Gasteiger partial charge in [-0.25, -0.2) is 9.48 Å². The Balaban J connectivity index is 1.84. The number of nitrogens with zero attached hydrogens (tertiary/aromatic N) is 2. The smallest absolute Gasteiger partial charge is 0.404 e. The Morgan fingerprint density at radius 3 is 3.00 bits per heavy atom. The van der Waals surface area contributed by atoms with Crippen molar-refractivity contribution in [3.8, 4) is 0 Å². The van der Waals surface area contributed by atoms with Gasteiger partial charge >= 0.3 is 6.09 Å². The zero-order valence-electron chi connectivity index (χ0n) is 13.8. The molecule has 2 unspecified atom stereocenters. The third-order valence-electron chi connectivity index (χ3n) is 4.57. The van der Waals surface area contributed by atoms with Crippen molar-refractivity contribution >= 4 is 39.6 Å². The van der Waals surface area contributed by atoms with E-state index in [1.165, 1.54) is 0 Å². The minimum Gasteiger partial charge on any atom is -0.465 e. The minimum atomic E-state index is -1.05. The first-order valence-electron chi connectivity index (χ1n) is 8.47. The SMILES string of the molecule is O=C(O)NCCC(CO)c1ccc2c(c1)c(I)nn2C1CCCCO1. The maximum Gasteiger partial charge on any atom is 0.404 e. The van der Waals surface area contributed by atoms with E-state index in [4.69, 9.17) is 9.84 Å². The topological polar surface area (TPSA) is 96.6 Å². The van der Waals surface area contributed by atoms with Crippen LogP contribution in [0, 0.1) is 3.70 Å². The molecular formula is C17H22IN3O4. The monoisotopic (exact) mass is 459 g/mol. The molecule has 0 aliphatic carbocycles. The largest absolute Gasteiger partial charge is 0.465 e. The second-order valence-electron chi connectivity index (χ2n) is 6.23. The molecule has 7 nitrogen and oxygen atoms in total. The normalized spacial score (nSPS) is 19.0. The van der Waals surface area contributed by atoms with Gasteiger partial charge < -0.3 is 20.3 Å². The van der Waals surface area contributed by atoms with Crippen LogP contribution in [-0.4, -0.2) is 45.8 Å². The lowest BCUT2D eigenvalue weighted by Crippen LogP contribution is -2.24. The molecule has 3 rings (SSSR count). The van der Waals surface area contributed by atoms with Crippen LogP contribution < -0.4 is 5.32 Å². The Morgan fingerprint density at radius 1 is 1.48 bits per heavy atom. The van der Waals surface area contributed by atoms with Crippen molar-refractivity contribution < 1.29 is 19.7 Å². The quantitative estimate of drug-likeness (QED) is 0.578. The molecule has 25 heavy (non-hydrogen) atoms. The number of nitrogens with one attached hydrogen (secondary N) is 1. The molecule has 2 atom stereocenters. The molecule has 1 aliphatic heterocycles. The van der Waals surface area contributed by atoms with Crippen LogP contribution in [0.25, 0.3) is 10.9 Å². The van der Waals surface area contributed by atoms with Gasteiger partial charge in [0.25, 0.3) is 0 Å². The lowest BCUT2D eigenvalue weighted by atomic mass is 9.95. The summed E-state index contributed by atoms with van der Waals surface area (Å²) in [4.78, 5) is 10.6. The zero-order chi connectivity index (χ0) is 17.8. The molecule has 1 aromatic carbocycles. The summed E-state index contributed by atoms with van der Waals surface area (Å²) in [5, 5.41) is 26.4. The number of aliphatic hydroxyl groups is 1. The summed E-state index contributed by atoms with van der Waals surface area (Å²) in [5.41, 5.74) is 2.02. The van der Waals surface area contributed by atoms with E-state index < -0.39 is 6.09 Å². The number of hydrogen-bond acceptors (Lipinski definition) is 4. The highest BCUT2D eigenvalue weighted by Gasteiger charge is 2.21. The van der Waals surface area contributed by atoms with Crippen LogP contribution in [0.15, 0.2) is 18.2 Å². The zero-order valence-corrected chi connectivity index (χ0v) is 16.0. The molecule has 2 aromatic rings. The van der Waals surface area contributed by atoms with Crippen molar-refractivity contribution in [1.29, 1.82) is 0 Å². The van der Waals surface area contributed by atoms with Crippen molar-refractivity contribution in [3.63, 3.8) is 0 Å². The van der Waals surface area contributed by atoms with Gasteiger partial charge in [0.1, 0.15) is 3.70 Å². The van der Waals surface area contributed by atoms with Gasteiger partial charge in [-0.15, -0.1) is 0 Å². The number of carbonyl (C=O) groups is 1. The summed E-state index contributed by atoms with van der Waals surface area (Å²) in [6, 6.07) is 6.05. The first kappa shape index (κ1) is 18.4. The Bertz CT molecular complexity index is 743. The second-order valence-corrected chi connectivity index (χ2v) is 7.26. The number of aromatic nitrogens is 2. The van der Waals surface area contributed by atoms with E-state index in [1.807, 2.05) is 22.9 Å². The molecular weight excluding hydrogens is 437 g/mol. The number of amides is 1. The van der Waals surface area contributed by atoms with Gasteiger partial charge in [0.2, 0.25) is 0 Å². The fraction of sp³-hybridized carbons (Fsp3) is 0.529. The molecule has 1 aliphatic rings. The van der Waals surface area contributed by atoms with E-state index in [0.29, 0.717) is 13.0 Å². The number of carboxylic acid groups (broad SMARTS) is 1. The van der Waals surface area contributed by atoms with Crippen LogP contribution >= 0.6 is 22.6 Å². The predicted octanol–water partition coefficient (Wildman–Crippen LogP) is 3.07. The standard InChI is InChI=1S/C17H22IN3O4/c18-16-13-9-11(12(10-22)6-7-19-17(23)24)4-5-14(13)21(20-16)15-3-1-2-8-25-15/h4-5,9,12,15,19,22H,1-3,6-8,10H2,(H,23,24). The summed E-state index contributed by atoms with van der Waals surface area (Å²) in [7, 11) is 0. The summed E-state index contributed by atoms with van der Waals surface area (Å²) in [5.74, 6) is -0.110. The number of ether oxygens (including phenoxy) is 1. The summed E-state index contributed by atoms with van der Waals surface area (Å²) < 4.78 is 8.72. The van der Waals surface area contributed by atoms with Gasteiger partial charge in [0, 0.05) is 31.1 Å². The van der Waals surface area contributed by atoms with Crippen LogP contribution in [0.2, 0.25) is 0 Å². The maximum absolute atomic E-state index is 10.6. The van der Waals surface area contributed by atoms with E-state index in [1.54, 1.807) is 0 Å². The first-order chi connectivity index (χ1) is 12.1. The predicted molar refractivity (Wildman–Crippen MR) is 102 cm³/mol. The van der Waals surface area contributed by atoms with E-state index in [2.05, 4.69) is 33.0 Å². The Labute approximate surface area is 159 Å². The molecule has 0 radical (unpaired) electrons. The van der Waals surface area contributed by atoms with E-state index in [-0.39, 0.29) is 18.8 Å². The van der Waals surface area contributed by atoms with Crippen LogP contribution in [0.1, 0.15) is 43.4 Å². The number of fused-ring (bicyclic) bond motifs is 1. The third-order valence-corrected chi connectivity index (χ3v) is 5.37. The van der Waals surface area contributed by atoms with Crippen molar-refractivity contribution in [1.82, 2.24) is 15.1 Å². The highest BCUT2D eigenvalue weighted by atomic mass is 127. The Hall–Kier alpha value is -1.39. The van der Waals surface area contributed by atoms with Crippen molar-refractivity contribution in [2.45, 2.75) is 37.8 Å². The minimum absolute atomic E-state index is 0.0148. The van der Waals surface area contributed by atoms with Crippen LogP contribution in [0.3, 0.4) is 0 Å². The maximum atomic E-state index is 10.6. The van der Waals surface area contributed by atoms with Gasteiger partial charge in [-0.3, -0.25) is 0 Å². The Morgan fingerprint density at radius 2 is 2.32 bits per heavy atom. The molecule has 136 valence electrons. The molecule has 0 bridgehead atoms. The van der Waals surface area contributed by atoms with Gasteiger partial charge in [0.15, 0.2) is 6.23 Å². The summed E-state index contributed by atoms with van der Waals surface area (Å²) in [6.45, 7) is 1.05. The first-order valence-corrected chi connectivity index (χ1v) is 9.55. The van der Waals surface area contributed by atoms with Crippen LogP contribution in [-0.2, 0) is 4.74 Å².